The van der Waals surface area contributed by atoms with Crippen LogP contribution in [0.15, 0.2) is 91.1 Å². The Morgan fingerprint density at radius 2 is 1.35 bits per heavy atom. The summed E-state index contributed by atoms with van der Waals surface area (Å²) in [5.41, 5.74) is -1.09. The van der Waals surface area contributed by atoms with E-state index in [-0.39, 0.29) is 0 Å². The Morgan fingerprint density at radius 1 is 0.882 bits per heavy atom. The molecule has 0 fully saturated rings. The summed E-state index contributed by atoms with van der Waals surface area (Å²) >= 11 is 0. The van der Waals surface area contributed by atoms with Crippen LogP contribution < -0.4 is 9.42 Å². The Hall–Kier alpha value is -3.70. The molecule has 178 valence electrons. The van der Waals surface area contributed by atoms with E-state index < -0.39 is 15.6 Å². The van der Waals surface area contributed by atoms with Crippen molar-refractivity contribution in [3.8, 4) is 28.1 Å². The van der Waals surface area contributed by atoms with Crippen molar-refractivity contribution in [2.45, 2.75) is 12.2 Å². The highest BCUT2D eigenvalue weighted by Gasteiger charge is 2.36. The fourth-order valence-corrected chi connectivity index (χ4v) is 2.92. The van der Waals surface area contributed by atoms with E-state index in [1.807, 2.05) is 66.5 Å². The second-order valence-electron chi connectivity index (χ2n) is 7.00. The highest BCUT2D eigenvalue weighted by molar-refractivity contribution is 7.86. The Kier molecular flexibility index (Phi) is 7.69. The zero-order valence-electron chi connectivity index (χ0n) is 17.9. The molecular weight excluding hydrogens is 471 g/mol. The van der Waals surface area contributed by atoms with Crippen LogP contribution in [-0.2, 0) is 23.9 Å². The third kappa shape index (κ3) is 6.65. The van der Waals surface area contributed by atoms with Crippen LogP contribution in [0.25, 0.3) is 22.4 Å². The summed E-state index contributed by atoms with van der Waals surface area (Å²) in [6.45, 7) is 0.366. The molecule has 0 amide bonds. The minimum Gasteiger partial charge on any atom is -0.741 e. The lowest BCUT2D eigenvalue weighted by Gasteiger charge is -2.08. The first-order valence-corrected chi connectivity index (χ1v) is 11.2. The van der Waals surface area contributed by atoms with Crippen LogP contribution in [0.2, 0.25) is 0 Å². The number of halogens is 3. The number of aryl methyl sites for hydroxylation is 1. The van der Waals surface area contributed by atoms with Crippen LogP contribution >= 0.6 is 0 Å². The van der Waals surface area contributed by atoms with Gasteiger partial charge in [-0.1, -0.05) is 72.8 Å². The van der Waals surface area contributed by atoms with E-state index in [0.29, 0.717) is 6.73 Å². The molecule has 34 heavy (non-hydrogen) atoms. The number of hydrogen-bond donors (Lipinski definition) is 0. The Labute approximate surface area is 194 Å². The second-order valence-corrected chi connectivity index (χ2v) is 8.37. The molecule has 3 aromatic carbocycles. The first-order chi connectivity index (χ1) is 16.0. The maximum absolute atomic E-state index is 10.7. The van der Waals surface area contributed by atoms with Crippen molar-refractivity contribution in [1.82, 2.24) is 9.90 Å². The predicted molar refractivity (Wildman–Crippen MR) is 117 cm³/mol. The van der Waals surface area contributed by atoms with Crippen LogP contribution in [-0.4, -0.2) is 28.4 Å². The number of aromatic nitrogens is 3. The van der Waals surface area contributed by atoms with Crippen LogP contribution in [0.1, 0.15) is 0 Å². The van der Waals surface area contributed by atoms with Crippen molar-refractivity contribution >= 4 is 10.1 Å². The number of hydrogen-bond acceptors (Lipinski definition) is 5. The third-order valence-corrected chi connectivity index (χ3v) is 5.11. The van der Waals surface area contributed by atoms with E-state index in [2.05, 4.69) is 41.6 Å². The van der Waals surface area contributed by atoms with Gasteiger partial charge in [0.15, 0.2) is 22.0 Å². The lowest BCUT2D eigenvalue weighted by atomic mass is 10.1. The van der Waals surface area contributed by atoms with Crippen molar-refractivity contribution in [2.24, 2.45) is 7.05 Å². The van der Waals surface area contributed by atoms with E-state index in [4.69, 9.17) is 17.7 Å². The smallest absolute Gasteiger partial charge is 0.485 e. The molecule has 0 atom stereocenters. The average molecular weight is 491 g/mol. The molecule has 1 heterocycles. The van der Waals surface area contributed by atoms with E-state index >= 15 is 0 Å². The molecule has 0 N–H and O–H groups in total. The molecule has 0 bridgehead atoms. The van der Waals surface area contributed by atoms with Crippen LogP contribution in [0.4, 0.5) is 13.2 Å². The van der Waals surface area contributed by atoms with Gasteiger partial charge in [-0.15, -0.1) is 9.36 Å². The van der Waals surface area contributed by atoms with E-state index in [1.54, 1.807) is 4.68 Å². The Bertz CT molecular complexity index is 1310. The number of benzene rings is 3. The number of nitrogens with zero attached hydrogens (tertiary/aromatic N) is 3. The van der Waals surface area contributed by atoms with Gasteiger partial charge in [0.2, 0.25) is 0 Å². The monoisotopic (exact) mass is 491 g/mol. The van der Waals surface area contributed by atoms with Gasteiger partial charge in [0.1, 0.15) is 12.8 Å². The third-order valence-electron chi connectivity index (χ3n) is 4.55. The van der Waals surface area contributed by atoms with Crippen molar-refractivity contribution in [2.75, 3.05) is 0 Å². The Balaban J connectivity index is 0.000000350. The molecule has 4 aromatic rings. The summed E-state index contributed by atoms with van der Waals surface area (Å²) < 4.78 is 68.4. The fraction of sp³-hybridized carbons (Fsp3) is 0.130. The minimum absolute atomic E-state index is 0.366. The lowest BCUT2D eigenvalue weighted by molar-refractivity contribution is -0.779. The Morgan fingerprint density at radius 3 is 1.85 bits per heavy atom. The highest BCUT2D eigenvalue weighted by atomic mass is 32.2. The van der Waals surface area contributed by atoms with E-state index in [0.717, 1.165) is 17.0 Å². The summed E-state index contributed by atoms with van der Waals surface area (Å²) in [5, 5.41) is 4.48. The fourth-order valence-electron chi connectivity index (χ4n) is 2.92. The molecule has 1 aromatic heterocycles. The van der Waals surface area contributed by atoms with E-state index in [9.17, 15) is 13.2 Å². The standard InChI is InChI=1S/C22H20N3O.CHF3O3S/c1-24-22(20-10-6-3-7-11-20)16-25(23-24)17-26-21-14-12-19(13-15-21)18-8-4-2-5-9-18;2-1(3,4)8(5,6)7/h2-16H,17H2,1H3;(H,5,6,7)/q+1;/p-1. The van der Waals surface area contributed by atoms with Gasteiger partial charge in [0.25, 0.3) is 6.73 Å². The van der Waals surface area contributed by atoms with Crippen LogP contribution in [0.3, 0.4) is 0 Å². The zero-order chi connectivity index (χ0) is 24.8. The molecule has 0 saturated carbocycles. The molecule has 0 saturated heterocycles. The summed E-state index contributed by atoms with van der Waals surface area (Å²) in [4.78, 5) is 0. The molecule has 0 spiro atoms. The lowest BCUT2D eigenvalue weighted by Crippen LogP contribution is -2.38. The maximum Gasteiger partial charge on any atom is 0.485 e. The first kappa shape index (κ1) is 24.9. The number of rotatable bonds is 5. The number of alkyl halides is 3. The van der Waals surface area contributed by atoms with Gasteiger partial charge < -0.3 is 9.29 Å². The largest absolute Gasteiger partial charge is 0.741 e. The second kappa shape index (κ2) is 10.5. The van der Waals surface area contributed by atoms with Gasteiger partial charge in [-0.05, 0) is 23.3 Å². The van der Waals surface area contributed by atoms with Crippen molar-refractivity contribution in [3.05, 3.63) is 91.1 Å². The van der Waals surface area contributed by atoms with Gasteiger partial charge in [0, 0.05) is 5.56 Å². The normalized spacial score (nSPS) is 11.4. The summed E-state index contributed by atoms with van der Waals surface area (Å²) in [5.74, 6) is 0.823. The molecule has 11 heteroatoms. The van der Waals surface area contributed by atoms with Gasteiger partial charge in [-0.3, -0.25) is 0 Å². The van der Waals surface area contributed by atoms with E-state index in [1.165, 1.54) is 11.1 Å². The summed E-state index contributed by atoms with van der Waals surface area (Å²) in [7, 11) is -4.15. The summed E-state index contributed by atoms with van der Waals surface area (Å²) in [6.07, 6.45) is 1.99. The SMILES string of the molecule is Cn1n[n+](COc2ccc(-c3ccccc3)cc2)cc1-c1ccccc1.O=S(=O)([O-])C(F)(F)F. The van der Waals surface area contributed by atoms with Crippen molar-refractivity contribution < 1.29 is 35.6 Å². The topological polar surface area (TPSA) is 88.1 Å². The predicted octanol–water partition coefficient (Wildman–Crippen LogP) is 4.13. The molecular formula is C23H20F3N3O4S. The van der Waals surface area contributed by atoms with Crippen molar-refractivity contribution in [3.63, 3.8) is 0 Å². The first-order valence-electron chi connectivity index (χ1n) is 9.84. The van der Waals surface area contributed by atoms with Gasteiger partial charge >= 0.3 is 5.51 Å². The van der Waals surface area contributed by atoms with Gasteiger partial charge in [-0.2, -0.15) is 13.2 Å². The van der Waals surface area contributed by atoms with Crippen LogP contribution in [0.5, 0.6) is 5.75 Å². The number of ether oxygens (including phenoxy) is 1. The van der Waals surface area contributed by atoms with Crippen LogP contribution in [0, 0.1) is 0 Å². The minimum atomic E-state index is -6.09. The molecule has 7 nitrogen and oxygen atoms in total. The molecule has 0 aliphatic carbocycles. The zero-order valence-corrected chi connectivity index (χ0v) is 18.7. The average Bonchev–Trinajstić information content (AvgIpc) is 3.19. The molecule has 0 unspecified atom stereocenters. The highest BCUT2D eigenvalue weighted by Crippen LogP contribution is 2.22. The molecule has 4 rings (SSSR count). The van der Waals surface area contributed by atoms with Gasteiger partial charge in [-0.25, -0.2) is 8.42 Å². The molecule has 0 aliphatic heterocycles. The molecule has 0 aliphatic rings. The van der Waals surface area contributed by atoms with Gasteiger partial charge in [0.05, 0.1) is 5.21 Å². The molecule has 0 radical (unpaired) electrons. The summed E-state index contributed by atoms with van der Waals surface area (Å²) in [6, 6.07) is 28.6. The maximum atomic E-state index is 10.7. The quantitative estimate of drug-likeness (QED) is 0.238. The van der Waals surface area contributed by atoms with Crippen molar-refractivity contribution in [1.29, 1.82) is 0 Å².